The Bertz CT molecular complexity index is 740. The molecule has 0 radical (unpaired) electrons. The Labute approximate surface area is 110 Å². The second-order valence-corrected chi connectivity index (χ2v) is 4.87. The zero-order valence-corrected chi connectivity index (χ0v) is 10.3. The number of para-hydroxylation sites is 1. The average molecular weight is 280 g/mol. The fraction of sp³-hybridized carbons (Fsp3) is 0. The average Bonchev–Trinajstić information content (AvgIpc) is 2.80. The van der Waals surface area contributed by atoms with E-state index in [-0.39, 0.29) is 10.2 Å². The summed E-state index contributed by atoms with van der Waals surface area (Å²) in [5.41, 5.74) is 0.602. The Morgan fingerprint density at radius 1 is 1.00 bits per heavy atom. The van der Waals surface area contributed by atoms with Crippen molar-refractivity contribution in [3.05, 3.63) is 53.8 Å². The summed E-state index contributed by atoms with van der Waals surface area (Å²) in [7, 11) is 0. The maximum atomic E-state index is 13.5. The van der Waals surface area contributed by atoms with Gasteiger partial charge in [0.05, 0.1) is 4.70 Å². The fourth-order valence-electron chi connectivity index (χ4n) is 1.67. The van der Waals surface area contributed by atoms with Gasteiger partial charge in [-0.1, -0.05) is 29.5 Å². The highest BCUT2D eigenvalue weighted by Gasteiger charge is 2.17. The largest absolute Gasteiger partial charge is 0.332 e. The first-order valence-electron chi connectivity index (χ1n) is 5.41. The molecule has 1 heterocycles. The summed E-state index contributed by atoms with van der Waals surface area (Å²) in [4.78, 5) is 3.94. The summed E-state index contributed by atoms with van der Waals surface area (Å²) in [6.45, 7) is 0. The van der Waals surface area contributed by atoms with Crippen molar-refractivity contribution in [2.24, 2.45) is 0 Å². The van der Waals surface area contributed by atoms with Gasteiger partial charge in [0, 0.05) is 5.69 Å². The minimum absolute atomic E-state index is 0.165. The summed E-state index contributed by atoms with van der Waals surface area (Å²) in [5.74, 6) is -3.96. The van der Waals surface area contributed by atoms with E-state index >= 15 is 0 Å². The highest BCUT2D eigenvalue weighted by molar-refractivity contribution is 7.22. The normalized spacial score (nSPS) is 10.9. The van der Waals surface area contributed by atoms with Crippen LogP contribution in [-0.2, 0) is 0 Å². The van der Waals surface area contributed by atoms with Crippen molar-refractivity contribution < 1.29 is 13.2 Å². The lowest BCUT2D eigenvalue weighted by molar-refractivity contribution is 0.453. The highest BCUT2D eigenvalue weighted by atomic mass is 32.1. The third-order valence-electron chi connectivity index (χ3n) is 2.55. The Morgan fingerprint density at radius 3 is 2.47 bits per heavy atom. The van der Waals surface area contributed by atoms with Crippen LogP contribution in [0.25, 0.3) is 10.2 Å². The summed E-state index contributed by atoms with van der Waals surface area (Å²) in [6, 6.07) is 10.1. The quantitative estimate of drug-likeness (QED) is 0.701. The molecule has 96 valence electrons. The van der Waals surface area contributed by atoms with Gasteiger partial charge >= 0.3 is 0 Å². The van der Waals surface area contributed by atoms with Crippen molar-refractivity contribution in [2.45, 2.75) is 0 Å². The predicted octanol–water partition coefficient (Wildman–Crippen LogP) is 4.46. The molecule has 0 bridgehead atoms. The van der Waals surface area contributed by atoms with Gasteiger partial charge in [-0.2, -0.15) is 0 Å². The second-order valence-electron chi connectivity index (χ2n) is 3.84. The Kier molecular flexibility index (Phi) is 2.87. The van der Waals surface area contributed by atoms with E-state index in [9.17, 15) is 13.2 Å². The molecule has 0 aliphatic heterocycles. The van der Waals surface area contributed by atoms with Crippen LogP contribution in [0.2, 0.25) is 0 Å². The van der Waals surface area contributed by atoms with Crippen molar-refractivity contribution >= 4 is 32.4 Å². The van der Waals surface area contributed by atoms with E-state index < -0.39 is 17.5 Å². The first kappa shape index (κ1) is 12.0. The van der Waals surface area contributed by atoms with Gasteiger partial charge in [0.2, 0.25) is 0 Å². The van der Waals surface area contributed by atoms with Crippen LogP contribution in [0.15, 0.2) is 36.4 Å². The van der Waals surface area contributed by atoms with E-state index in [2.05, 4.69) is 10.3 Å². The van der Waals surface area contributed by atoms with Gasteiger partial charge in [0.25, 0.3) is 0 Å². The van der Waals surface area contributed by atoms with Gasteiger partial charge in [0.1, 0.15) is 5.52 Å². The SMILES string of the molecule is Fc1cc2sc(Nc3ccccc3)nc2c(F)c1F. The van der Waals surface area contributed by atoms with E-state index in [1.807, 2.05) is 30.3 Å². The zero-order valence-electron chi connectivity index (χ0n) is 9.45. The molecule has 0 saturated carbocycles. The van der Waals surface area contributed by atoms with Crippen LogP contribution in [0.5, 0.6) is 0 Å². The molecule has 0 unspecified atom stereocenters. The van der Waals surface area contributed by atoms with Crippen LogP contribution < -0.4 is 5.32 Å². The number of nitrogens with zero attached hydrogens (tertiary/aromatic N) is 1. The molecule has 3 rings (SSSR count). The first-order chi connectivity index (χ1) is 9.15. The number of halogens is 3. The number of hydrogen-bond acceptors (Lipinski definition) is 3. The molecule has 1 aromatic heterocycles. The van der Waals surface area contributed by atoms with E-state index in [1.165, 1.54) is 0 Å². The van der Waals surface area contributed by atoms with Crippen molar-refractivity contribution in [1.29, 1.82) is 0 Å². The number of aromatic nitrogens is 1. The van der Waals surface area contributed by atoms with Gasteiger partial charge in [-0.05, 0) is 18.2 Å². The van der Waals surface area contributed by atoms with Crippen LogP contribution in [0.3, 0.4) is 0 Å². The molecule has 0 aliphatic rings. The molecular weight excluding hydrogens is 273 g/mol. The van der Waals surface area contributed by atoms with Crippen molar-refractivity contribution in [1.82, 2.24) is 4.98 Å². The Balaban J connectivity index is 2.05. The van der Waals surface area contributed by atoms with Crippen molar-refractivity contribution in [3.8, 4) is 0 Å². The smallest absolute Gasteiger partial charge is 0.196 e. The van der Waals surface area contributed by atoms with Crippen LogP contribution in [-0.4, -0.2) is 4.98 Å². The molecule has 0 atom stereocenters. The van der Waals surface area contributed by atoms with Gasteiger partial charge in [-0.15, -0.1) is 0 Å². The molecule has 0 amide bonds. The van der Waals surface area contributed by atoms with Crippen LogP contribution in [0.4, 0.5) is 24.0 Å². The van der Waals surface area contributed by atoms with Gasteiger partial charge in [-0.25, -0.2) is 18.2 Å². The lowest BCUT2D eigenvalue weighted by Gasteiger charge is -1.99. The molecule has 19 heavy (non-hydrogen) atoms. The fourth-order valence-corrected chi connectivity index (χ4v) is 2.58. The van der Waals surface area contributed by atoms with Gasteiger partial charge in [0.15, 0.2) is 22.6 Å². The molecule has 0 saturated heterocycles. The standard InChI is InChI=1S/C13H7F3N2S/c14-8-6-9-12(11(16)10(8)15)18-13(19-9)17-7-4-2-1-3-5-7/h1-6H,(H,17,18). The summed E-state index contributed by atoms with van der Waals surface area (Å²) in [5, 5.41) is 3.34. The van der Waals surface area contributed by atoms with Crippen LogP contribution >= 0.6 is 11.3 Å². The molecular formula is C13H7F3N2S. The first-order valence-corrected chi connectivity index (χ1v) is 6.23. The number of benzene rings is 2. The lowest BCUT2D eigenvalue weighted by atomic mass is 10.3. The number of hydrogen-bond donors (Lipinski definition) is 1. The van der Waals surface area contributed by atoms with E-state index in [0.29, 0.717) is 5.13 Å². The number of nitrogens with one attached hydrogen (secondary N) is 1. The van der Waals surface area contributed by atoms with Crippen LogP contribution in [0.1, 0.15) is 0 Å². The summed E-state index contributed by atoms with van der Waals surface area (Å²) < 4.78 is 40.0. The zero-order chi connectivity index (χ0) is 13.4. The third-order valence-corrected chi connectivity index (χ3v) is 3.46. The number of fused-ring (bicyclic) bond motifs is 1. The monoisotopic (exact) mass is 280 g/mol. The van der Waals surface area contributed by atoms with E-state index in [1.54, 1.807) is 0 Å². The molecule has 2 aromatic carbocycles. The van der Waals surface area contributed by atoms with Crippen molar-refractivity contribution in [3.63, 3.8) is 0 Å². The molecule has 2 nitrogen and oxygen atoms in total. The van der Waals surface area contributed by atoms with Gasteiger partial charge < -0.3 is 5.32 Å². The highest BCUT2D eigenvalue weighted by Crippen LogP contribution is 2.31. The Hall–Kier alpha value is -2.08. The minimum atomic E-state index is -1.50. The third kappa shape index (κ3) is 2.15. The van der Waals surface area contributed by atoms with E-state index in [0.717, 1.165) is 23.1 Å². The topological polar surface area (TPSA) is 24.9 Å². The molecule has 3 aromatic rings. The number of thiazole rings is 1. The minimum Gasteiger partial charge on any atom is -0.332 e. The van der Waals surface area contributed by atoms with Gasteiger partial charge in [-0.3, -0.25) is 0 Å². The van der Waals surface area contributed by atoms with E-state index in [4.69, 9.17) is 0 Å². The molecule has 0 aliphatic carbocycles. The summed E-state index contributed by atoms with van der Waals surface area (Å²) in [6.07, 6.45) is 0. The number of rotatable bonds is 2. The molecule has 0 spiro atoms. The van der Waals surface area contributed by atoms with Crippen molar-refractivity contribution in [2.75, 3.05) is 5.32 Å². The number of anilines is 2. The molecule has 1 N–H and O–H groups in total. The molecule has 6 heteroatoms. The predicted molar refractivity (Wildman–Crippen MR) is 69.2 cm³/mol. The maximum Gasteiger partial charge on any atom is 0.196 e. The maximum absolute atomic E-state index is 13.5. The molecule has 0 fully saturated rings. The second kappa shape index (κ2) is 4.55. The Morgan fingerprint density at radius 2 is 1.74 bits per heavy atom. The summed E-state index contributed by atoms with van der Waals surface area (Å²) >= 11 is 1.06. The van der Waals surface area contributed by atoms with Crippen LogP contribution in [0, 0.1) is 17.5 Å². The lowest BCUT2D eigenvalue weighted by Crippen LogP contribution is -1.91.